The first-order valence-corrected chi connectivity index (χ1v) is 6.80. The van der Waals surface area contributed by atoms with Crippen molar-refractivity contribution in [2.45, 2.75) is 34.6 Å². The molecule has 1 aromatic carbocycles. The summed E-state index contributed by atoms with van der Waals surface area (Å²) in [6.07, 6.45) is 0. The van der Waals surface area contributed by atoms with Crippen LogP contribution < -0.4 is 19.5 Å². The van der Waals surface area contributed by atoms with Gasteiger partial charge < -0.3 is 19.5 Å². The minimum atomic E-state index is 0.613. The molecule has 112 valence electrons. The van der Waals surface area contributed by atoms with Crippen LogP contribution in [0.1, 0.15) is 34.6 Å². The highest BCUT2D eigenvalue weighted by atomic mass is 16.5. The van der Waals surface area contributed by atoms with Crippen molar-refractivity contribution < 1.29 is 14.2 Å². The predicted molar refractivity (Wildman–Crippen MR) is 83.0 cm³/mol. The number of anilines is 1. The van der Waals surface area contributed by atoms with Crippen LogP contribution in [-0.4, -0.2) is 27.9 Å². The van der Waals surface area contributed by atoms with Gasteiger partial charge in [-0.3, -0.25) is 0 Å². The first-order chi connectivity index (χ1) is 9.26. The molecule has 4 nitrogen and oxygen atoms in total. The van der Waals surface area contributed by atoms with Crippen molar-refractivity contribution in [3.05, 3.63) is 12.1 Å². The van der Waals surface area contributed by atoms with E-state index in [2.05, 4.69) is 5.32 Å². The largest absolute Gasteiger partial charge is 0.493 e. The Bertz CT molecular complexity index is 302. The van der Waals surface area contributed by atoms with E-state index in [9.17, 15) is 0 Å². The molecule has 0 aliphatic rings. The molecule has 19 heavy (non-hydrogen) atoms. The van der Waals surface area contributed by atoms with Crippen molar-refractivity contribution in [3.63, 3.8) is 0 Å². The average Bonchev–Trinajstić information content (AvgIpc) is 2.50. The first-order valence-electron chi connectivity index (χ1n) is 6.80. The summed E-state index contributed by atoms with van der Waals surface area (Å²) >= 11 is 0. The predicted octanol–water partition coefficient (Wildman–Crippen LogP) is 4.20. The minimum Gasteiger partial charge on any atom is -0.493 e. The van der Waals surface area contributed by atoms with Crippen molar-refractivity contribution in [2.75, 3.05) is 33.2 Å². The second-order valence-electron chi connectivity index (χ2n) is 2.94. The van der Waals surface area contributed by atoms with Gasteiger partial charge in [-0.15, -0.1) is 0 Å². The summed E-state index contributed by atoms with van der Waals surface area (Å²) < 4.78 is 15.7. The Morgan fingerprint density at radius 2 is 1.26 bits per heavy atom. The number of nitrogens with one attached hydrogen (secondary N) is 1. The highest BCUT2D eigenvalue weighted by molar-refractivity contribution is 5.62. The monoisotopic (exact) mass is 271 g/mol. The van der Waals surface area contributed by atoms with Crippen LogP contribution in [0.3, 0.4) is 0 Å². The molecule has 1 N–H and O–H groups in total. The van der Waals surface area contributed by atoms with Crippen LogP contribution >= 0.6 is 0 Å². The molecule has 0 aliphatic heterocycles. The summed E-state index contributed by atoms with van der Waals surface area (Å²) in [6, 6.07) is 3.76. The van der Waals surface area contributed by atoms with E-state index in [0.29, 0.717) is 17.2 Å². The van der Waals surface area contributed by atoms with Crippen LogP contribution in [-0.2, 0) is 0 Å². The maximum absolute atomic E-state index is 5.22. The van der Waals surface area contributed by atoms with Crippen molar-refractivity contribution in [1.29, 1.82) is 0 Å². The van der Waals surface area contributed by atoms with Gasteiger partial charge in [0, 0.05) is 24.4 Å². The number of rotatable bonds is 5. The fraction of sp³-hybridized carbons (Fsp3) is 0.600. The number of hydrogen-bond acceptors (Lipinski definition) is 4. The molecule has 0 radical (unpaired) electrons. The molecular formula is C15H29NO3. The molecule has 1 rings (SSSR count). The molecule has 0 amide bonds. The van der Waals surface area contributed by atoms with Crippen LogP contribution in [0.5, 0.6) is 17.2 Å². The van der Waals surface area contributed by atoms with Crippen molar-refractivity contribution in [1.82, 2.24) is 0 Å². The van der Waals surface area contributed by atoms with Gasteiger partial charge >= 0.3 is 0 Å². The lowest BCUT2D eigenvalue weighted by atomic mass is 10.2. The molecule has 0 fully saturated rings. The van der Waals surface area contributed by atoms with Gasteiger partial charge in [0.2, 0.25) is 5.75 Å². The van der Waals surface area contributed by atoms with E-state index in [1.54, 1.807) is 21.3 Å². The molecule has 0 aliphatic carbocycles. The molecule has 0 atom stereocenters. The first kappa shape index (κ1) is 19.8. The molecule has 0 unspecified atom stereocenters. The summed E-state index contributed by atoms with van der Waals surface area (Å²) in [5.41, 5.74) is 0.951. The SMILES string of the molecule is CC.CC.CCNc1cc(OC)c(OC)c(OC)c1. The number of benzene rings is 1. The Balaban J connectivity index is 0. The minimum absolute atomic E-state index is 0.613. The number of hydrogen-bond donors (Lipinski definition) is 1. The van der Waals surface area contributed by atoms with Gasteiger partial charge in [-0.05, 0) is 6.92 Å². The van der Waals surface area contributed by atoms with Gasteiger partial charge in [0.05, 0.1) is 21.3 Å². The summed E-state index contributed by atoms with van der Waals surface area (Å²) in [6.45, 7) is 10.9. The number of methoxy groups -OCH3 is 3. The zero-order chi connectivity index (χ0) is 15.3. The van der Waals surface area contributed by atoms with Crippen LogP contribution in [0.2, 0.25) is 0 Å². The van der Waals surface area contributed by atoms with Crippen LogP contribution in [0.15, 0.2) is 12.1 Å². The summed E-state index contributed by atoms with van der Waals surface area (Å²) in [7, 11) is 4.80. The van der Waals surface area contributed by atoms with Crippen LogP contribution in [0.25, 0.3) is 0 Å². The molecule has 0 saturated carbocycles. The third-order valence-electron chi connectivity index (χ3n) is 2.05. The summed E-state index contributed by atoms with van der Waals surface area (Å²) in [5, 5.41) is 3.19. The zero-order valence-corrected chi connectivity index (χ0v) is 13.6. The highest BCUT2D eigenvalue weighted by Crippen LogP contribution is 2.39. The smallest absolute Gasteiger partial charge is 0.203 e. The van der Waals surface area contributed by atoms with Crippen molar-refractivity contribution in [2.24, 2.45) is 0 Å². The van der Waals surface area contributed by atoms with E-state index in [4.69, 9.17) is 14.2 Å². The molecule has 4 heteroatoms. The van der Waals surface area contributed by atoms with Crippen LogP contribution in [0, 0.1) is 0 Å². The maximum Gasteiger partial charge on any atom is 0.203 e. The van der Waals surface area contributed by atoms with E-state index in [1.165, 1.54) is 0 Å². The molecule has 0 bridgehead atoms. The topological polar surface area (TPSA) is 39.7 Å². The Labute approximate surface area is 118 Å². The Morgan fingerprint density at radius 1 is 0.842 bits per heavy atom. The van der Waals surface area contributed by atoms with E-state index in [-0.39, 0.29) is 0 Å². The van der Waals surface area contributed by atoms with Gasteiger partial charge in [-0.1, -0.05) is 27.7 Å². The third-order valence-corrected chi connectivity index (χ3v) is 2.05. The van der Waals surface area contributed by atoms with Crippen molar-refractivity contribution >= 4 is 5.69 Å². The highest BCUT2D eigenvalue weighted by Gasteiger charge is 2.12. The summed E-state index contributed by atoms with van der Waals surface area (Å²) in [5.74, 6) is 1.93. The average molecular weight is 271 g/mol. The lowest BCUT2D eigenvalue weighted by Crippen LogP contribution is -2.00. The van der Waals surface area contributed by atoms with Crippen molar-refractivity contribution in [3.8, 4) is 17.2 Å². The fourth-order valence-electron chi connectivity index (χ4n) is 1.39. The third kappa shape index (κ3) is 6.22. The molecule has 0 spiro atoms. The molecule has 0 saturated heterocycles. The van der Waals surface area contributed by atoms with Gasteiger partial charge in [0.1, 0.15) is 0 Å². The van der Waals surface area contributed by atoms with Gasteiger partial charge in [-0.25, -0.2) is 0 Å². The fourth-order valence-corrected chi connectivity index (χ4v) is 1.39. The second kappa shape index (κ2) is 12.9. The van der Waals surface area contributed by atoms with E-state index in [1.807, 2.05) is 46.8 Å². The Hall–Kier alpha value is -1.58. The van der Waals surface area contributed by atoms with Gasteiger partial charge in [0.25, 0.3) is 0 Å². The van der Waals surface area contributed by atoms with E-state index >= 15 is 0 Å². The standard InChI is InChI=1S/C11H17NO3.2C2H6/c1-5-12-8-6-9(13-2)11(15-4)10(7-8)14-3;2*1-2/h6-7,12H,5H2,1-4H3;2*1-2H3. The zero-order valence-electron chi connectivity index (χ0n) is 13.6. The molecule has 0 aromatic heterocycles. The van der Waals surface area contributed by atoms with Crippen LogP contribution in [0.4, 0.5) is 5.69 Å². The molecule has 1 aromatic rings. The quantitative estimate of drug-likeness (QED) is 0.871. The summed E-state index contributed by atoms with van der Waals surface area (Å²) in [4.78, 5) is 0. The lowest BCUT2D eigenvalue weighted by Gasteiger charge is -2.14. The Morgan fingerprint density at radius 3 is 1.53 bits per heavy atom. The van der Waals surface area contributed by atoms with E-state index in [0.717, 1.165) is 12.2 Å². The molecular weight excluding hydrogens is 242 g/mol. The second-order valence-corrected chi connectivity index (χ2v) is 2.94. The number of ether oxygens (including phenoxy) is 3. The maximum atomic E-state index is 5.22. The Kier molecular flexibility index (Phi) is 13.4. The van der Waals surface area contributed by atoms with Gasteiger partial charge in [0.15, 0.2) is 11.5 Å². The lowest BCUT2D eigenvalue weighted by molar-refractivity contribution is 0.324. The van der Waals surface area contributed by atoms with Gasteiger partial charge in [-0.2, -0.15) is 0 Å². The van der Waals surface area contributed by atoms with E-state index < -0.39 is 0 Å². The normalized spacial score (nSPS) is 8.21. The molecule has 0 heterocycles.